The maximum absolute atomic E-state index is 10.5. The van der Waals surface area contributed by atoms with Gasteiger partial charge in [-0.25, -0.2) is 4.79 Å². The third kappa shape index (κ3) is 4.52. The average Bonchev–Trinajstić information content (AvgIpc) is 2.32. The van der Waals surface area contributed by atoms with Gasteiger partial charge >= 0.3 is 43.7 Å². The van der Waals surface area contributed by atoms with E-state index in [-0.39, 0.29) is 62.6 Å². The molecule has 0 saturated heterocycles. The maximum atomic E-state index is 10.5. The Morgan fingerprint density at radius 3 is 2.07 bits per heavy atom. The molecule has 6 nitrogen and oxygen atoms in total. The number of esters is 1. The Labute approximate surface area is 128 Å². The van der Waals surface area contributed by atoms with E-state index in [2.05, 4.69) is 4.74 Å². The number of aliphatic hydroxyl groups excluding tert-OH is 4. The van der Waals surface area contributed by atoms with Gasteiger partial charge in [0.2, 0.25) is 5.76 Å². The number of cyclic esters (lactones) is 1. The van der Waals surface area contributed by atoms with E-state index in [1.165, 1.54) is 0 Å². The second kappa shape index (κ2) is 8.69. The second-order valence-electron chi connectivity index (χ2n) is 2.31. The van der Waals surface area contributed by atoms with Crippen LogP contribution in [0, 0.1) is 0 Å². The van der Waals surface area contributed by atoms with Crippen molar-refractivity contribution in [1.82, 2.24) is 0 Å². The minimum atomic E-state index is -1.42. The number of aliphatic hydroxyl groups is 4. The third-order valence-electron chi connectivity index (χ3n) is 1.48. The molecule has 0 unspecified atom stereocenters. The SMILES string of the molecule is O=C1O[C@H]([C@@H](O)CO)C(O)=C1O.[Ca+2].[Cl-].[Cl-]. The number of carbonyl (C=O) groups excluding carboxylic acids is 1. The van der Waals surface area contributed by atoms with E-state index in [9.17, 15) is 4.79 Å². The zero-order valence-corrected chi connectivity index (χ0v) is 11.2. The number of ether oxygens (including phenoxy) is 1. The van der Waals surface area contributed by atoms with E-state index in [0.717, 1.165) is 0 Å². The number of hydrogen-bond donors (Lipinski definition) is 4. The molecule has 0 radical (unpaired) electrons. The molecular weight excluding hydrogens is 279 g/mol. The number of carbonyl (C=O) groups is 1. The Morgan fingerprint density at radius 2 is 1.80 bits per heavy atom. The van der Waals surface area contributed by atoms with Gasteiger partial charge in [-0.1, -0.05) is 0 Å². The molecule has 0 aromatic heterocycles. The summed E-state index contributed by atoms with van der Waals surface area (Å²) in [6.07, 6.45) is -2.78. The minimum absolute atomic E-state index is 0. The maximum Gasteiger partial charge on any atom is 2.00 e. The molecule has 0 aliphatic carbocycles. The average molecular weight is 287 g/mol. The summed E-state index contributed by atoms with van der Waals surface area (Å²) in [6, 6.07) is 0. The zero-order chi connectivity index (χ0) is 9.30. The van der Waals surface area contributed by atoms with Crippen molar-refractivity contribution >= 4 is 43.7 Å². The normalized spacial score (nSPS) is 20.7. The van der Waals surface area contributed by atoms with Crippen LogP contribution in [0.3, 0.4) is 0 Å². The monoisotopic (exact) mass is 286 g/mol. The number of hydrogen-bond acceptors (Lipinski definition) is 6. The Balaban J connectivity index is -0.000000480. The fraction of sp³-hybridized carbons (Fsp3) is 0.500. The van der Waals surface area contributed by atoms with Crippen molar-refractivity contribution in [2.45, 2.75) is 12.2 Å². The van der Waals surface area contributed by atoms with E-state index in [1.807, 2.05) is 0 Å². The summed E-state index contributed by atoms with van der Waals surface area (Å²) in [7, 11) is 0. The summed E-state index contributed by atoms with van der Waals surface area (Å²) in [5.41, 5.74) is 0. The van der Waals surface area contributed by atoms with Crippen LogP contribution in [0.1, 0.15) is 0 Å². The van der Waals surface area contributed by atoms with E-state index in [0.29, 0.717) is 0 Å². The smallest absolute Gasteiger partial charge is 1.00 e. The molecule has 15 heavy (non-hydrogen) atoms. The molecule has 0 fully saturated rings. The van der Waals surface area contributed by atoms with Crippen LogP contribution in [0.25, 0.3) is 0 Å². The predicted octanol–water partition coefficient (Wildman–Crippen LogP) is -7.78. The number of halogens is 2. The summed E-state index contributed by atoms with van der Waals surface area (Å²) in [4.78, 5) is 10.5. The molecule has 2 atom stereocenters. The van der Waals surface area contributed by atoms with Crippen LogP contribution in [0.2, 0.25) is 0 Å². The van der Waals surface area contributed by atoms with Crippen LogP contribution in [-0.4, -0.2) is 82.9 Å². The van der Waals surface area contributed by atoms with Crippen molar-refractivity contribution in [3.63, 3.8) is 0 Å². The van der Waals surface area contributed by atoms with E-state index in [4.69, 9.17) is 20.4 Å². The number of rotatable bonds is 2. The van der Waals surface area contributed by atoms with Gasteiger partial charge in [-0.05, 0) is 0 Å². The molecule has 4 N–H and O–H groups in total. The standard InChI is InChI=1S/C6H8O6.Ca.2ClH/c7-1-2(8)5-3(9)4(10)6(11)12-5;;;/h2,5,7-10H,1H2;;2*1H/q;+2;;/p-2/t2-,5+;;;/m0.../s1. The Bertz CT molecular complexity index is 246. The molecular formula is C6H8CaCl2O6. The van der Waals surface area contributed by atoms with E-state index in [1.54, 1.807) is 0 Å². The first-order valence-electron chi connectivity index (χ1n) is 3.20. The molecule has 1 aliphatic rings. The van der Waals surface area contributed by atoms with E-state index >= 15 is 0 Å². The first kappa shape index (κ1) is 20.9. The van der Waals surface area contributed by atoms with Gasteiger partial charge in [-0.2, -0.15) is 0 Å². The van der Waals surface area contributed by atoms with Gasteiger partial charge in [0.05, 0.1) is 6.61 Å². The topological polar surface area (TPSA) is 107 Å². The van der Waals surface area contributed by atoms with Crippen molar-refractivity contribution < 1.29 is 54.8 Å². The third-order valence-corrected chi connectivity index (χ3v) is 1.48. The largest absolute Gasteiger partial charge is 2.00 e. The summed E-state index contributed by atoms with van der Waals surface area (Å²) in [5.74, 6) is -2.78. The predicted molar refractivity (Wildman–Crippen MR) is 41.0 cm³/mol. The molecule has 0 amide bonds. The van der Waals surface area contributed by atoms with Gasteiger partial charge in [-0.3, -0.25) is 0 Å². The summed E-state index contributed by atoms with van der Waals surface area (Å²) in [6.45, 7) is -0.671. The van der Waals surface area contributed by atoms with Crippen LogP contribution >= 0.6 is 0 Å². The molecule has 0 saturated carbocycles. The van der Waals surface area contributed by atoms with Crippen molar-refractivity contribution in [2.75, 3.05) is 6.61 Å². The van der Waals surface area contributed by atoms with Crippen LogP contribution in [-0.2, 0) is 9.53 Å². The van der Waals surface area contributed by atoms with Crippen molar-refractivity contribution in [2.24, 2.45) is 0 Å². The molecule has 84 valence electrons. The Hall–Kier alpha value is 0.570. The zero-order valence-electron chi connectivity index (χ0n) is 7.43. The fourth-order valence-corrected chi connectivity index (χ4v) is 0.823. The first-order valence-corrected chi connectivity index (χ1v) is 3.20. The molecule has 0 aromatic carbocycles. The van der Waals surface area contributed by atoms with Gasteiger partial charge in [0.1, 0.15) is 6.10 Å². The second-order valence-corrected chi connectivity index (χ2v) is 2.31. The van der Waals surface area contributed by atoms with E-state index < -0.39 is 36.3 Å². The Morgan fingerprint density at radius 1 is 1.33 bits per heavy atom. The van der Waals surface area contributed by atoms with Crippen LogP contribution < -0.4 is 24.8 Å². The molecule has 0 spiro atoms. The fourth-order valence-electron chi connectivity index (χ4n) is 0.823. The minimum Gasteiger partial charge on any atom is -1.00 e. The summed E-state index contributed by atoms with van der Waals surface area (Å²) >= 11 is 0. The molecule has 1 aliphatic heterocycles. The molecule has 0 aromatic rings. The molecule has 9 heteroatoms. The van der Waals surface area contributed by atoms with Crippen molar-refractivity contribution in [1.29, 1.82) is 0 Å². The molecule has 1 heterocycles. The molecule has 1 rings (SSSR count). The van der Waals surface area contributed by atoms with Crippen molar-refractivity contribution in [3.05, 3.63) is 11.5 Å². The van der Waals surface area contributed by atoms with Gasteiger partial charge < -0.3 is 50.0 Å². The van der Waals surface area contributed by atoms with Crippen LogP contribution in [0.4, 0.5) is 0 Å². The van der Waals surface area contributed by atoms with Gasteiger partial charge in [0, 0.05) is 0 Å². The van der Waals surface area contributed by atoms with Gasteiger partial charge in [-0.15, -0.1) is 0 Å². The summed E-state index contributed by atoms with van der Waals surface area (Å²) < 4.78 is 4.32. The van der Waals surface area contributed by atoms with Gasteiger partial charge in [0.15, 0.2) is 11.9 Å². The van der Waals surface area contributed by atoms with Crippen LogP contribution in [0.5, 0.6) is 0 Å². The van der Waals surface area contributed by atoms with Crippen molar-refractivity contribution in [3.8, 4) is 0 Å². The summed E-state index contributed by atoms with van der Waals surface area (Å²) in [5, 5.41) is 35.0. The molecule has 0 bridgehead atoms. The quantitative estimate of drug-likeness (QED) is 0.297. The van der Waals surface area contributed by atoms with Crippen LogP contribution in [0.15, 0.2) is 11.5 Å². The Kier molecular flexibility index (Phi) is 12.1. The first-order chi connectivity index (χ1) is 5.57. The van der Waals surface area contributed by atoms with Gasteiger partial charge in [0.25, 0.3) is 0 Å².